The minimum atomic E-state index is -0.764. The van der Waals surface area contributed by atoms with Gasteiger partial charge in [-0.1, -0.05) is 35.9 Å². The molecule has 0 aliphatic rings. The number of carbonyl (C=O) groups excluding carboxylic acids is 2. The van der Waals surface area contributed by atoms with Crippen molar-refractivity contribution in [3.63, 3.8) is 0 Å². The van der Waals surface area contributed by atoms with E-state index in [1.54, 1.807) is 30.8 Å². The second kappa shape index (κ2) is 8.60. The first-order chi connectivity index (χ1) is 13.9. The second-order valence-corrected chi connectivity index (χ2v) is 6.81. The summed E-state index contributed by atoms with van der Waals surface area (Å²) >= 11 is 0. The van der Waals surface area contributed by atoms with E-state index in [0.717, 1.165) is 22.5 Å². The highest BCUT2D eigenvalue weighted by atomic mass is 16.5. The molecule has 2 N–H and O–H groups in total. The number of aromatic nitrogens is 2. The SMILES string of the molecule is COc1ccccc1[C@@H](C)NC(=O)C(=O)Nc1cc(C)nn1-c1ccc(C)cc1. The van der Waals surface area contributed by atoms with Crippen LogP contribution < -0.4 is 15.4 Å². The highest BCUT2D eigenvalue weighted by molar-refractivity contribution is 6.39. The van der Waals surface area contributed by atoms with E-state index in [9.17, 15) is 9.59 Å². The fourth-order valence-corrected chi connectivity index (χ4v) is 3.01. The number of anilines is 1. The number of amides is 2. The molecule has 0 aliphatic carbocycles. The standard InChI is InChI=1S/C22H24N4O3/c1-14-9-11-17(12-10-14)26-20(13-15(2)25-26)24-22(28)21(27)23-16(3)18-7-5-6-8-19(18)29-4/h5-13,16H,1-4H3,(H,23,27)(H,24,28)/t16-/m1/s1. The Morgan fingerprint density at radius 3 is 2.41 bits per heavy atom. The molecule has 7 nitrogen and oxygen atoms in total. The second-order valence-electron chi connectivity index (χ2n) is 6.81. The van der Waals surface area contributed by atoms with Gasteiger partial charge in [-0.2, -0.15) is 5.10 Å². The summed E-state index contributed by atoms with van der Waals surface area (Å²) < 4.78 is 6.92. The van der Waals surface area contributed by atoms with Gasteiger partial charge >= 0.3 is 11.8 Å². The summed E-state index contributed by atoms with van der Waals surface area (Å²) in [6.45, 7) is 5.61. The molecule has 2 amide bonds. The summed E-state index contributed by atoms with van der Waals surface area (Å²) in [5.41, 5.74) is 3.43. The largest absolute Gasteiger partial charge is 0.496 e. The quantitative estimate of drug-likeness (QED) is 0.653. The molecule has 0 unspecified atom stereocenters. The maximum atomic E-state index is 12.5. The molecule has 1 aromatic heterocycles. The van der Waals surface area contributed by atoms with Crippen LogP contribution in [0.25, 0.3) is 5.69 Å². The Bertz CT molecular complexity index is 1020. The minimum Gasteiger partial charge on any atom is -0.496 e. The van der Waals surface area contributed by atoms with Crippen LogP contribution in [0.3, 0.4) is 0 Å². The van der Waals surface area contributed by atoms with Crippen LogP contribution in [-0.4, -0.2) is 28.7 Å². The van der Waals surface area contributed by atoms with Gasteiger partial charge in [0.05, 0.1) is 24.5 Å². The van der Waals surface area contributed by atoms with Crippen molar-refractivity contribution in [3.05, 3.63) is 71.4 Å². The fraction of sp³-hybridized carbons (Fsp3) is 0.227. The molecule has 7 heteroatoms. The Hall–Kier alpha value is -3.61. The van der Waals surface area contributed by atoms with Crippen LogP contribution in [0.15, 0.2) is 54.6 Å². The summed E-state index contributed by atoms with van der Waals surface area (Å²) in [6, 6.07) is 16.4. The van der Waals surface area contributed by atoms with Crippen LogP contribution >= 0.6 is 0 Å². The molecule has 0 spiro atoms. The van der Waals surface area contributed by atoms with Gasteiger partial charge in [0.1, 0.15) is 11.6 Å². The summed E-state index contributed by atoms with van der Waals surface area (Å²) in [5.74, 6) is -0.428. The van der Waals surface area contributed by atoms with E-state index in [2.05, 4.69) is 15.7 Å². The van der Waals surface area contributed by atoms with Gasteiger partial charge in [0.15, 0.2) is 0 Å². The van der Waals surface area contributed by atoms with E-state index in [4.69, 9.17) is 4.74 Å². The third-order valence-corrected chi connectivity index (χ3v) is 4.51. The van der Waals surface area contributed by atoms with Gasteiger partial charge in [-0.25, -0.2) is 4.68 Å². The van der Waals surface area contributed by atoms with Crippen molar-refractivity contribution in [2.45, 2.75) is 26.8 Å². The van der Waals surface area contributed by atoms with Crippen molar-refractivity contribution in [1.29, 1.82) is 0 Å². The zero-order chi connectivity index (χ0) is 21.0. The lowest BCUT2D eigenvalue weighted by molar-refractivity contribution is -0.136. The van der Waals surface area contributed by atoms with Crippen molar-refractivity contribution < 1.29 is 14.3 Å². The Morgan fingerprint density at radius 2 is 1.72 bits per heavy atom. The summed E-state index contributed by atoms with van der Waals surface area (Å²) in [5, 5.41) is 9.76. The van der Waals surface area contributed by atoms with E-state index >= 15 is 0 Å². The zero-order valence-electron chi connectivity index (χ0n) is 16.9. The first kappa shape index (κ1) is 20.1. The maximum absolute atomic E-state index is 12.5. The predicted octanol–water partition coefficient (Wildman–Crippen LogP) is 3.31. The Morgan fingerprint density at radius 1 is 1.03 bits per heavy atom. The molecule has 0 aliphatic heterocycles. The number of para-hydroxylation sites is 1. The smallest absolute Gasteiger partial charge is 0.314 e. The van der Waals surface area contributed by atoms with E-state index in [-0.39, 0.29) is 0 Å². The number of hydrogen-bond acceptors (Lipinski definition) is 4. The lowest BCUT2D eigenvalue weighted by Gasteiger charge is -2.17. The monoisotopic (exact) mass is 392 g/mol. The Kier molecular flexibility index (Phi) is 5.97. The Labute approximate surface area is 169 Å². The molecule has 3 aromatic rings. The minimum absolute atomic E-state index is 0.395. The molecular weight excluding hydrogens is 368 g/mol. The molecular formula is C22H24N4O3. The number of ether oxygens (including phenoxy) is 1. The van der Waals surface area contributed by atoms with Crippen LogP contribution in [0.4, 0.5) is 5.82 Å². The van der Waals surface area contributed by atoms with Crippen molar-refractivity contribution in [2.75, 3.05) is 12.4 Å². The van der Waals surface area contributed by atoms with E-state index < -0.39 is 17.9 Å². The zero-order valence-corrected chi connectivity index (χ0v) is 16.9. The molecule has 29 heavy (non-hydrogen) atoms. The molecule has 0 saturated carbocycles. The molecule has 0 radical (unpaired) electrons. The van der Waals surface area contributed by atoms with Crippen LogP contribution in [0.1, 0.15) is 29.8 Å². The number of carbonyl (C=O) groups is 2. The van der Waals surface area contributed by atoms with Gasteiger partial charge in [-0.3, -0.25) is 9.59 Å². The lowest BCUT2D eigenvalue weighted by Crippen LogP contribution is -2.37. The number of nitrogens with zero attached hydrogens (tertiary/aromatic N) is 2. The van der Waals surface area contributed by atoms with Crippen LogP contribution in [0, 0.1) is 13.8 Å². The summed E-state index contributed by atoms with van der Waals surface area (Å²) in [7, 11) is 1.56. The molecule has 2 aromatic carbocycles. The van der Waals surface area contributed by atoms with Gasteiger partial charge in [-0.05, 0) is 39.0 Å². The Balaban J connectivity index is 1.73. The number of benzene rings is 2. The molecule has 1 heterocycles. The summed E-state index contributed by atoms with van der Waals surface area (Å²) in [6.07, 6.45) is 0. The fourth-order valence-electron chi connectivity index (χ4n) is 3.01. The lowest BCUT2D eigenvalue weighted by atomic mass is 10.1. The molecule has 1 atom stereocenters. The number of aryl methyl sites for hydroxylation is 2. The normalized spacial score (nSPS) is 11.6. The molecule has 0 bridgehead atoms. The van der Waals surface area contributed by atoms with Crippen LogP contribution in [0.2, 0.25) is 0 Å². The molecule has 0 fully saturated rings. The van der Waals surface area contributed by atoms with Crippen LogP contribution in [0.5, 0.6) is 5.75 Å². The van der Waals surface area contributed by atoms with E-state index in [1.165, 1.54) is 0 Å². The van der Waals surface area contributed by atoms with Crippen molar-refractivity contribution in [1.82, 2.24) is 15.1 Å². The molecule has 3 rings (SSSR count). The number of hydrogen-bond donors (Lipinski definition) is 2. The average molecular weight is 392 g/mol. The van der Waals surface area contributed by atoms with Gasteiger partial charge < -0.3 is 15.4 Å². The summed E-state index contributed by atoms with van der Waals surface area (Å²) in [4.78, 5) is 24.9. The van der Waals surface area contributed by atoms with Crippen molar-refractivity contribution >= 4 is 17.6 Å². The maximum Gasteiger partial charge on any atom is 0.314 e. The average Bonchev–Trinajstić information content (AvgIpc) is 3.08. The van der Waals surface area contributed by atoms with E-state index in [1.807, 2.05) is 56.3 Å². The van der Waals surface area contributed by atoms with Gasteiger partial charge in [-0.15, -0.1) is 0 Å². The van der Waals surface area contributed by atoms with Gasteiger partial charge in [0, 0.05) is 11.6 Å². The third-order valence-electron chi connectivity index (χ3n) is 4.51. The number of methoxy groups -OCH3 is 1. The highest BCUT2D eigenvalue weighted by Crippen LogP contribution is 2.24. The van der Waals surface area contributed by atoms with Gasteiger partial charge in [0.2, 0.25) is 0 Å². The first-order valence-corrected chi connectivity index (χ1v) is 9.27. The molecule has 150 valence electrons. The first-order valence-electron chi connectivity index (χ1n) is 9.27. The van der Waals surface area contributed by atoms with Crippen molar-refractivity contribution in [2.24, 2.45) is 0 Å². The predicted molar refractivity (Wildman–Crippen MR) is 111 cm³/mol. The third kappa shape index (κ3) is 4.63. The number of nitrogens with one attached hydrogen (secondary N) is 2. The van der Waals surface area contributed by atoms with Crippen LogP contribution in [-0.2, 0) is 9.59 Å². The molecule has 0 saturated heterocycles. The number of rotatable bonds is 5. The topological polar surface area (TPSA) is 85.2 Å². The van der Waals surface area contributed by atoms with Crippen molar-refractivity contribution in [3.8, 4) is 11.4 Å². The van der Waals surface area contributed by atoms with Gasteiger partial charge in [0.25, 0.3) is 0 Å². The van der Waals surface area contributed by atoms with E-state index in [0.29, 0.717) is 11.6 Å². The highest BCUT2D eigenvalue weighted by Gasteiger charge is 2.21.